The zero-order chi connectivity index (χ0) is 21.2. The van der Waals surface area contributed by atoms with E-state index in [9.17, 15) is 26.4 Å². The second-order valence-electron chi connectivity index (χ2n) is 6.84. The number of nitrogens with zero attached hydrogens (tertiary/aromatic N) is 1. The van der Waals surface area contributed by atoms with Crippen LogP contribution in [0, 0.1) is 0 Å². The monoisotopic (exact) mass is 427 g/mol. The van der Waals surface area contributed by atoms with Crippen molar-refractivity contribution >= 4 is 15.7 Å². The number of aryl methyl sites for hydroxylation is 1. The zero-order valence-electron chi connectivity index (χ0n) is 15.6. The van der Waals surface area contributed by atoms with Crippen molar-refractivity contribution in [3.63, 3.8) is 0 Å². The van der Waals surface area contributed by atoms with E-state index < -0.39 is 26.8 Å². The van der Waals surface area contributed by atoms with Gasteiger partial charge in [-0.25, -0.2) is 8.42 Å². The Kier molecular flexibility index (Phi) is 5.88. The minimum Gasteiger partial charge on any atom is -0.497 e. The minimum absolute atomic E-state index is 0.111. The molecule has 0 spiro atoms. The summed E-state index contributed by atoms with van der Waals surface area (Å²) in [5.41, 5.74) is -0.115. The van der Waals surface area contributed by atoms with Gasteiger partial charge in [0.05, 0.1) is 17.6 Å². The van der Waals surface area contributed by atoms with E-state index in [0.29, 0.717) is 17.7 Å². The van der Waals surface area contributed by atoms with E-state index in [2.05, 4.69) is 0 Å². The van der Waals surface area contributed by atoms with Crippen molar-refractivity contribution in [2.75, 3.05) is 20.2 Å². The van der Waals surface area contributed by atoms with Gasteiger partial charge < -0.3 is 9.64 Å². The highest BCUT2D eigenvalue weighted by Crippen LogP contribution is 2.29. The third-order valence-electron chi connectivity index (χ3n) is 4.94. The minimum atomic E-state index is -4.39. The van der Waals surface area contributed by atoms with E-state index in [1.807, 2.05) is 0 Å². The number of carbonyl (C=O) groups is 1. The molecule has 1 fully saturated rings. The van der Waals surface area contributed by atoms with E-state index in [1.54, 1.807) is 12.1 Å². The molecule has 1 aliphatic heterocycles. The molecule has 0 unspecified atom stereocenters. The van der Waals surface area contributed by atoms with Gasteiger partial charge >= 0.3 is 6.18 Å². The maximum absolute atomic E-state index is 12.6. The first-order chi connectivity index (χ1) is 13.6. The summed E-state index contributed by atoms with van der Waals surface area (Å²) < 4.78 is 67.9. The van der Waals surface area contributed by atoms with Crippen molar-refractivity contribution in [3.8, 4) is 5.75 Å². The number of halogens is 3. The first-order valence-corrected chi connectivity index (χ1v) is 10.5. The Morgan fingerprint density at radius 3 is 2.17 bits per heavy atom. The van der Waals surface area contributed by atoms with Gasteiger partial charge in [0.15, 0.2) is 9.84 Å². The molecule has 156 valence electrons. The summed E-state index contributed by atoms with van der Waals surface area (Å²) in [6, 6.07) is 10.8. The van der Waals surface area contributed by atoms with Crippen LogP contribution in [-0.2, 0) is 27.2 Å². The van der Waals surface area contributed by atoms with Gasteiger partial charge in [-0.3, -0.25) is 4.79 Å². The van der Waals surface area contributed by atoms with E-state index >= 15 is 0 Å². The number of rotatable bonds is 6. The van der Waals surface area contributed by atoms with Crippen molar-refractivity contribution in [2.24, 2.45) is 0 Å². The highest BCUT2D eigenvalue weighted by atomic mass is 32.2. The summed E-state index contributed by atoms with van der Waals surface area (Å²) in [5.74, 6) is 0.337. The molecule has 1 aliphatic rings. The van der Waals surface area contributed by atoms with Gasteiger partial charge in [-0.15, -0.1) is 0 Å². The Hall–Kier alpha value is -2.55. The first kappa shape index (κ1) is 21.2. The van der Waals surface area contributed by atoms with Gasteiger partial charge in [0.1, 0.15) is 11.0 Å². The molecule has 0 aromatic heterocycles. The van der Waals surface area contributed by atoms with E-state index in [4.69, 9.17) is 4.74 Å². The van der Waals surface area contributed by atoms with Crippen molar-refractivity contribution in [3.05, 3.63) is 59.7 Å². The standard InChI is InChI=1S/C20H20F3NO4S/c1-28-16-7-9-17(10-8-16)29(26,27)18-12-24(13-18)19(25)11-4-14-2-5-15(6-3-14)20(21,22)23/h2-3,5-10,18H,4,11-13H2,1H3. The number of amides is 1. The van der Waals surface area contributed by atoms with Crippen LogP contribution in [0.2, 0.25) is 0 Å². The first-order valence-electron chi connectivity index (χ1n) is 8.93. The zero-order valence-corrected chi connectivity index (χ0v) is 16.5. The maximum Gasteiger partial charge on any atom is 0.416 e. The Bertz CT molecular complexity index is 964. The predicted molar refractivity (Wildman–Crippen MR) is 100 cm³/mol. The summed E-state index contributed by atoms with van der Waals surface area (Å²) >= 11 is 0. The molecular formula is C20H20F3NO4S. The molecule has 2 aromatic rings. The lowest BCUT2D eigenvalue weighted by atomic mass is 10.1. The number of methoxy groups -OCH3 is 1. The third kappa shape index (κ3) is 4.72. The fraction of sp³-hybridized carbons (Fsp3) is 0.350. The summed E-state index contributed by atoms with van der Waals surface area (Å²) in [4.78, 5) is 13.9. The second kappa shape index (κ2) is 8.06. The fourth-order valence-corrected chi connectivity index (χ4v) is 4.72. The number of alkyl halides is 3. The number of carbonyl (C=O) groups excluding carboxylic acids is 1. The van der Waals surface area contributed by atoms with Crippen molar-refractivity contribution in [1.82, 2.24) is 4.90 Å². The summed E-state index contributed by atoms with van der Waals surface area (Å²) in [6.45, 7) is 0.223. The topological polar surface area (TPSA) is 63.7 Å². The summed E-state index contributed by atoms with van der Waals surface area (Å²) in [7, 11) is -2.05. The molecule has 0 bridgehead atoms. The van der Waals surface area contributed by atoms with Crippen molar-refractivity contribution < 1.29 is 31.1 Å². The quantitative estimate of drug-likeness (QED) is 0.710. The smallest absolute Gasteiger partial charge is 0.416 e. The van der Waals surface area contributed by atoms with Crippen molar-refractivity contribution in [2.45, 2.75) is 29.2 Å². The molecule has 1 saturated heterocycles. The van der Waals surface area contributed by atoms with Gasteiger partial charge in [0.25, 0.3) is 0 Å². The van der Waals surface area contributed by atoms with Crippen LogP contribution in [-0.4, -0.2) is 44.7 Å². The average Bonchev–Trinajstić information content (AvgIpc) is 2.64. The number of hydrogen-bond donors (Lipinski definition) is 0. The van der Waals surface area contributed by atoms with Crippen LogP contribution < -0.4 is 4.74 Å². The summed E-state index contributed by atoms with van der Waals surface area (Å²) in [6.07, 6.45) is -3.99. The molecule has 29 heavy (non-hydrogen) atoms. The third-order valence-corrected chi connectivity index (χ3v) is 7.04. The second-order valence-corrected chi connectivity index (χ2v) is 9.06. The molecule has 0 saturated carbocycles. The maximum atomic E-state index is 12.6. The lowest BCUT2D eigenvalue weighted by Gasteiger charge is -2.38. The Labute approximate surface area is 167 Å². The number of sulfone groups is 1. The van der Waals surface area contributed by atoms with Gasteiger partial charge in [0.2, 0.25) is 5.91 Å². The fourth-order valence-electron chi connectivity index (χ4n) is 3.07. The van der Waals surface area contributed by atoms with Crippen LogP contribution in [0.1, 0.15) is 17.5 Å². The van der Waals surface area contributed by atoms with Crippen LogP contribution in [0.4, 0.5) is 13.2 Å². The molecule has 1 heterocycles. The lowest BCUT2D eigenvalue weighted by molar-refractivity contribution is -0.137. The SMILES string of the molecule is COc1ccc(S(=O)(=O)C2CN(C(=O)CCc3ccc(C(F)(F)F)cc3)C2)cc1. The highest BCUT2D eigenvalue weighted by molar-refractivity contribution is 7.92. The molecular weight excluding hydrogens is 407 g/mol. The molecule has 9 heteroatoms. The molecule has 3 rings (SSSR count). The molecule has 0 radical (unpaired) electrons. The van der Waals surface area contributed by atoms with E-state index in [1.165, 1.54) is 36.3 Å². The Morgan fingerprint density at radius 1 is 1.07 bits per heavy atom. The van der Waals surface area contributed by atoms with Crippen LogP contribution >= 0.6 is 0 Å². The molecule has 1 amide bonds. The van der Waals surface area contributed by atoms with Crippen molar-refractivity contribution in [1.29, 1.82) is 0 Å². The number of benzene rings is 2. The highest BCUT2D eigenvalue weighted by Gasteiger charge is 2.40. The normalized spacial score (nSPS) is 15.1. The van der Waals surface area contributed by atoms with Gasteiger partial charge in [0, 0.05) is 19.5 Å². The molecule has 5 nitrogen and oxygen atoms in total. The molecule has 0 atom stereocenters. The number of ether oxygens (including phenoxy) is 1. The Morgan fingerprint density at radius 2 is 1.66 bits per heavy atom. The number of hydrogen-bond acceptors (Lipinski definition) is 4. The van der Waals surface area contributed by atoms with Crippen LogP contribution in [0.25, 0.3) is 0 Å². The van der Waals surface area contributed by atoms with Gasteiger partial charge in [-0.1, -0.05) is 12.1 Å². The lowest BCUT2D eigenvalue weighted by Crippen LogP contribution is -2.56. The van der Waals surface area contributed by atoms with Crippen LogP contribution in [0.5, 0.6) is 5.75 Å². The van der Waals surface area contributed by atoms with E-state index in [0.717, 1.165) is 12.1 Å². The Balaban J connectivity index is 1.52. The van der Waals surface area contributed by atoms with Crippen LogP contribution in [0.15, 0.2) is 53.4 Å². The summed E-state index contributed by atoms with van der Waals surface area (Å²) in [5, 5.41) is -0.661. The van der Waals surface area contributed by atoms with Gasteiger partial charge in [-0.2, -0.15) is 13.2 Å². The average molecular weight is 427 g/mol. The van der Waals surface area contributed by atoms with E-state index in [-0.39, 0.29) is 30.3 Å². The molecule has 2 aromatic carbocycles. The molecule has 0 aliphatic carbocycles. The molecule has 0 N–H and O–H groups in total. The number of likely N-dealkylation sites (tertiary alicyclic amines) is 1. The largest absolute Gasteiger partial charge is 0.497 e. The van der Waals surface area contributed by atoms with Crippen LogP contribution in [0.3, 0.4) is 0 Å². The predicted octanol–water partition coefficient (Wildman–Crippen LogP) is 3.33. The van der Waals surface area contributed by atoms with Gasteiger partial charge in [-0.05, 0) is 48.4 Å².